The quantitative estimate of drug-likeness (QED) is 0.751. The lowest BCUT2D eigenvalue weighted by Crippen LogP contribution is -2.37. The fraction of sp³-hybridized carbons (Fsp3) is 0.526. The molecule has 0 radical (unpaired) electrons. The van der Waals surface area contributed by atoms with Crippen LogP contribution in [0.4, 0.5) is 0 Å². The van der Waals surface area contributed by atoms with Crippen molar-refractivity contribution in [2.45, 2.75) is 43.0 Å². The van der Waals surface area contributed by atoms with Gasteiger partial charge in [0.15, 0.2) is 11.0 Å². The Hall–Kier alpha value is -2.02. The van der Waals surface area contributed by atoms with Crippen molar-refractivity contribution >= 4 is 17.7 Å². The van der Waals surface area contributed by atoms with Crippen molar-refractivity contribution in [1.29, 1.82) is 0 Å². The van der Waals surface area contributed by atoms with Gasteiger partial charge >= 0.3 is 0 Å². The number of likely N-dealkylation sites (tertiary alicyclic amines) is 1. The van der Waals surface area contributed by atoms with E-state index in [2.05, 4.69) is 10.2 Å². The highest BCUT2D eigenvalue weighted by Gasteiger charge is 2.24. The number of thioether (sulfide) groups is 1. The van der Waals surface area contributed by atoms with Gasteiger partial charge in [0.2, 0.25) is 5.91 Å². The second-order valence-corrected chi connectivity index (χ2v) is 7.90. The van der Waals surface area contributed by atoms with Crippen LogP contribution in [0.5, 0.6) is 5.75 Å². The maximum atomic E-state index is 12.7. The lowest BCUT2D eigenvalue weighted by Gasteiger charge is -2.23. The highest BCUT2D eigenvalue weighted by atomic mass is 32.2. The van der Waals surface area contributed by atoms with Crippen molar-refractivity contribution in [3.63, 3.8) is 0 Å². The van der Waals surface area contributed by atoms with Crippen LogP contribution in [0.25, 0.3) is 11.4 Å². The highest BCUT2D eigenvalue weighted by molar-refractivity contribution is 8.00. The van der Waals surface area contributed by atoms with Gasteiger partial charge < -0.3 is 14.2 Å². The third kappa shape index (κ3) is 4.20. The Morgan fingerprint density at radius 2 is 1.77 bits per heavy atom. The van der Waals surface area contributed by atoms with Gasteiger partial charge in [-0.3, -0.25) is 4.79 Å². The van der Waals surface area contributed by atoms with Crippen LogP contribution in [0.3, 0.4) is 0 Å². The van der Waals surface area contributed by atoms with E-state index in [4.69, 9.17) is 4.74 Å². The summed E-state index contributed by atoms with van der Waals surface area (Å²) in [6, 6.07) is 7.73. The SMILES string of the molecule is COc1ccc(-c2nnc(S[C@@H](C)C(=O)N3CCCCCC3)n2C)cc1. The van der Waals surface area contributed by atoms with Crippen molar-refractivity contribution in [3.8, 4) is 17.1 Å². The maximum Gasteiger partial charge on any atom is 0.235 e. The van der Waals surface area contributed by atoms with Crippen LogP contribution in [0.15, 0.2) is 29.4 Å². The molecule has 140 valence electrons. The maximum absolute atomic E-state index is 12.7. The van der Waals surface area contributed by atoms with Gasteiger partial charge in [-0.05, 0) is 44.0 Å². The highest BCUT2D eigenvalue weighted by Crippen LogP contribution is 2.28. The number of methoxy groups -OCH3 is 1. The molecule has 1 amide bonds. The number of aromatic nitrogens is 3. The third-order valence-corrected chi connectivity index (χ3v) is 5.85. The predicted molar refractivity (Wildman–Crippen MR) is 103 cm³/mol. The van der Waals surface area contributed by atoms with Gasteiger partial charge in [0, 0.05) is 25.7 Å². The molecule has 1 aliphatic heterocycles. The lowest BCUT2D eigenvalue weighted by atomic mass is 10.2. The molecule has 1 saturated heterocycles. The number of hydrogen-bond donors (Lipinski definition) is 0. The normalized spacial score (nSPS) is 16.2. The van der Waals surface area contributed by atoms with Crippen LogP contribution in [0.1, 0.15) is 32.6 Å². The number of rotatable bonds is 5. The number of benzene rings is 1. The van der Waals surface area contributed by atoms with Gasteiger partial charge in [-0.2, -0.15) is 0 Å². The van der Waals surface area contributed by atoms with Crippen LogP contribution in [0, 0.1) is 0 Å². The van der Waals surface area contributed by atoms with Crippen molar-refractivity contribution in [3.05, 3.63) is 24.3 Å². The Morgan fingerprint density at radius 3 is 2.38 bits per heavy atom. The molecule has 1 fully saturated rings. The fourth-order valence-electron chi connectivity index (χ4n) is 3.17. The van der Waals surface area contributed by atoms with E-state index >= 15 is 0 Å². The number of ether oxygens (including phenoxy) is 1. The zero-order chi connectivity index (χ0) is 18.5. The summed E-state index contributed by atoms with van der Waals surface area (Å²) in [5, 5.41) is 9.19. The van der Waals surface area contributed by atoms with Crippen LogP contribution in [0.2, 0.25) is 0 Å². The third-order valence-electron chi connectivity index (χ3n) is 4.73. The minimum atomic E-state index is -0.167. The van der Waals surface area contributed by atoms with E-state index in [9.17, 15) is 4.79 Å². The first-order valence-electron chi connectivity index (χ1n) is 9.09. The first kappa shape index (κ1) is 18.8. The number of amides is 1. The van der Waals surface area contributed by atoms with E-state index in [1.807, 2.05) is 47.7 Å². The molecular formula is C19H26N4O2S. The number of carbonyl (C=O) groups is 1. The Balaban J connectivity index is 1.69. The molecule has 6 nitrogen and oxygen atoms in total. The summed E-state index contributed by atoms with van der Waals surface area (Å²) in [5.41, 5.74) is 0.971. The number of hydrogen-bond acceptors (Lipinski definition) is 5. The van der Waals surface area contributed by atoms with Gasteiger partial charge in [0.05, 0.1) is 12.4 Å². The number of nitrogens with zero attached hydrogens (tertiary/aromatic N) is 4. The van der Waals surface area contributed by atoms with Gasteiger partial charge in [-0.15, -0.1) is 10.2 Å². The minimum Gasteiger partial charge on any atom is -0.497 e. The molecule has 2 aromatic rings. The Morgan fingerprint density at radius 1 is 1.12 bits per heavy atom. The zero-order valence-electron chi connectivity index (χ0n) is 15.6. The molecule has 0 N–H and O–H groups in total. The fourth-order valence-corrected chi connectivity index (χ4v) is 4.06. The van der Waals surface area contributed by atoms with Crippen LogP contribution >= 0.6 is 11.8 Å². The van der Waals surface area contributed by atoms with E-state index < -0.39 is 0 Å². The lowest BCUT2D eigenvalue weighted by molar-refractivity contribution is -0.130. The second kappa shape index (κ2) is 8.58. The van der Waals surface area contributed by atoms with E-state index in [1.54, 1.807) is 7.11 Å². The van der Waals surface area contributed by atoms with Gasteiger partial charge in [0.1, 0.15) is 5.75 Å². The summed E-state index contributed by atoms with van der Waals surface area (Å²) in [5.74, 6) is 1.79. The van der Waals surface area contributed by atoms with E-state index in [0.717, 1.165) is 48.2 Å². The summed E-state index contributed by atoms with van der Waals surface area (Å²) in [6.07, 6.45) is 4.66. The van der Waals surface area contributed by atoms with Gasteiger partial charge in [-0.25, -0.2) is 0 Å². The zero-order valence-corrected chi connectivity index (χ0v) is 16.5. The Kier molecular flexibility index (Phi) is 6.19. The molecule has 0 aliphatic carbocycles. The molecule has 26 heavy (non-hydrogen) atoms. The van der Waals surface area contributed by atoms with E-state index in [1.165, 1.54) is 24.6 Å². The summed E-state index contributed by atoms with van der Waals surface area (Å²) in [6.45, 7) is 3.71. The van der Waals surface area contributed by atoms with E-state index in [-0.39, 0.29) is 11.2 Å². The van der Waals surface area contributed by atoms with Crippen LogP contribution in [-0.2, 0) is 11.8 Å². The molecule has 3 rings (SSSR count). The first-order chi connectivity index (χ1) is 12.6. The molecule has 7 heteroatoms. The smallest absolute Gasteiger partial charge is 0.235 e. The largest absolute Gasteiger partial charge is 0.497 e. The summed E-state index contributed by atoms with van der Waals surface area (Å²) in [4.78, 5) is 14.8. The first-order valence-corrected chi connectivity index (χ1v) is 9.97. The Labute approximate surface area is 158 Å². The van der Waals surface area contributed by atoms with Gasteiger partial charge in [-0.1, -0.05) is 24.6 Å². The minimum absolute atomic E-state index is 0.167. The average Bonchev–Trinajstić information content (AvgIpc) is 2.87. The molecule has 0 saturated carbocycles. The van der Waals surface area contributed by atoms with Crippen molar-refractivity contribution in [2.24, 2.45) is 7.05 Å². The van der Waals surface area contributed by atoms with Crippen LogP contribution < -0.4 is 4.74 Å². The van der Waals surface area contributed by atoms with Crippen molar-refractivity contribution in [2.75, 3.05) is 20.2 Å². The summed E-state index contributed by atoms with van der Waals surface area (Å²) in [7, 11) is 3.58. The molecule has 2 heterocycles. The summed E-state index contributed by atoms with van der Waals surface area (Å²) < 4.78 is 7.14. The van der Waals surface area contributed by atoms with Crippen molar-refractivity contribution in [1.82, 2.24) is 19.7 Å². The molecule has 0 unspecified atom stereocenters. The monoisotopic (exact) mass is 374 g/mol. The molecule has 1 atom stereocenters. The summed E-state index contributed by atoms with van der Waals surface area (Å²) >= 11 is 1.48. The predicted octanol–water partition coefficient (Wildman–Crippen LogP) is 3.37. The molecule has 1 aliphatic rings. The molecular weight excluding hydrogens is 348 g/mol. The topological polar surface area (TPSA) is 60.3 Å². The molecule has 0 bridgehead atoms. The Bertz CT molecular complexity index is 736. The van der Waals surface area contributed by atoms with Crippen molar-refractivity contribution < 1.29 is 9.53 Å². The van der Waals surface area contributed by atoms with Gasteiger partial charge in [0.25, 0.3) is 0 Å². The molecule has 0 spiro atoms. The molecule has 1 aromatic carbocycles. The average molecular weight is 375 g/mol. The number of carbonyl (C=O) groups excluding carboxylic acids is 1. The molecule has 1 aromatic heterocycles. The van der Waals surface area contributed by atoms with E-state index in [0.29, 0.717) is 0 Å². The standard InChI is InChI=1S/C19H26N4O2S/c1-14(18(24)23-12-6-4-5-7-13-23)26-19-21-20-17(22(19)2)15-8-10-16(25-3)11-9-15/h8-11,14H,4-7,12-13H2,1-3H3/t14-/m0/s1. The second-order valence-electron chi connectivity index (χ2n) is 6.59. The van der Waals surface area contributed by atoms with Crippen LogP contribution in [-0.4, -0.2) is 51.0 Å².